The molecule has 0 aromatic carbocycles. The zero-order valence-electron chi connectivity index (χ0n) is 16.0. The largest absolute Gasteiger partial charge is 0.444 e. The highest BCUT2D eigenvalue weighted by atomic mass is 16.6. The van der Waals surface area contributed by atoms with Crippen molar-refractivity contribution in [1.29, 1.82) is 0 Å². The lowest BCUT2D eigenvalue weighted by atomic mass is 9.86. The number of imidazole rings is 1. The number of nitrogens with zero attached hydrogens (tertiary/aromatic N) is 3. The van der Waals surface area contributed by atoms with Gasteiger partial charge in [0.1, 0.15) is 16.8 Å². The molecule has 2 aliphatic rings. The molecule has 140 valence electrons. The van der Waals surface area contributed by atoms with E-state index in [1.54, 1.807) is 4.90 Å². The van der Waals surface area contributed by atoms with Gasteiger partial charge in [-0.05, 0) is 57.6 Å². The van der Waals surface area contributed by atoms with Gasteiger partial charge in [-0.2, -0.15) is 0 Å². The van der Waals surface area contributed by atoms with Crippen LogP contribution in [0.3, 0.4) is 0 Å². The minimum Gasteiger partial charge on any atom is -0.444 e. The van der Waals surface area contributed by atoms with Crippen molar-refractivity contribution in [1.82, 2.24) is 14.3 Å². The highest BCUT2D eigenvalue weighted by Crippen LogP contribution is 2.43. The summed E-state index contributed by atoms with van der Waals surface area (Å²) < 4.78 is 7.44. The van der Waals surface area contributed by atoms with E-state index in [4.69, 9.17) is 9.72 Å². The Morgan fingerprint density at radius 3 is 2.62 bits per heavy atom. The normalized spacial score (nSPS) is 19.5. The molecule has 4 rings (SSSR count). The number of aliphatic hydroxyl groups is 1. The number of rotatable bonds is 3. The topological polar surface area (TPSA) is 67.1 Å². The fourth-order valence-electron chi connectivity index (χ4n) is 3.53. The van der Waals surface area contributed by atoms with Crippen molar-refractivity contribution >= 4 is 11.7 Å². The number of amides is 1. The maximum absolute atomic E-state index is 12.2. The van der Waals surface area contributed by atoms with E-state index in [0.717, 1.165) is 23.3 Å². The molecule has 1 amide bonds. The number of likely N-dealkylation sites (tertiary alicyclic amines) is 1. The van der Waals surface area contributed by atoms with Crippen LogP contribution in [0.4, 0.5) is 4.79 Å². The second-order valence-electron chi connectivity index (χ2n) is 8.65. The predicted molar refractivity (Wildman–Crippen MR) is 98.2 cm³/mol. The molecular formula is C20H27N3O3. The van der Waals surface area contributed by atoms with Crippen LogP contribution in [0.5, 0.6) is 0 Å². The van der Waals surface area contributed by atoms with E-state index in [9.17, 15) is 9.90 Å². The number of carbonyl (C=O) groups excluding carboxylic acids is 1. The molecule has 1 aliphatic heterocycles. The number of fused-ring (bicyclic) bond motifs is 1. The minimum atomic E-state index is -1.07. The molecule has 0 bridgehead atoms. The van der Waals surface area contributed by atoms with E-state index >= 15 is 0 Å². The Kier molecular flexibility index (Phi) is 3.81. The van der Waals surface area contributed by atoms with Gasteiger partial charge < -0.3 is 19.1 Å². The molecule has 0 spiro atoms. The van der Waals surface area contributed by atoms with Gasteiger partial charge in [-0.3, -0.25) is 0 Å². The molecule has 0 atom stereocenters. The third kappa shape index (κ3) is 3.07. The molecule has 6 heteroatoms. The smallest absolute Gasteiger partial charge is 0.410 e. The van der Waals surface area contributed by atoms with E-state index < -0.39 is 11.2 Å². The van der Waals surface area contributed by atoms with Crippen molar-refractivity contribution in [2.75, 3.05) is 13.1 Å². The number of β-amino-alcohol motifs (C(OH)–C–C–N with tert-alkyl or cyclic N) is 1. The van der Waals surface area contributed by atoms with Crippen LogP contribution in [0.15, 0.2) is 18.5 Å². The SMILES string of the molecule is CCc1cn2cc(C3CC3)cc(C3(O)CN(C(=O)OC(C)(C)C)C3)c2n1. The summed E-state index contributed by atoms with van der Waals surface area (Å²) in [5, 5.41) is 11.2. The van der Waals surface area contributed by atoms with Gasteiger partial charge in [0.05, 0.1) is 18.8 Å². The fraction of sp³-hybridized carbons (Fsp3) is 0.600. The quantitative estimate of drug-likeness (QED) is 0.916. The highest BCUT2D eigenvalue weighted by Gasteiger charge is 2.48. The van der Waals surface area contributed by atoms with Gasteiger partial charge in [0, 0.05) is 18.0 Å². The molecule has 0 unspecified atom stereocenters. The van der Waals surface area contributed by atoms with E-state index in [2.05, 4.69) is 19.2 Å². The van der Waals surface area contributed by atoms with Crippen molar-refractivity contribution in [2.45, 2.75) is 64.1 Å². The standard InChI is InChI=1S/C20H27N3O3/c1-5-15-10-22-9-14(13-6-7-13)8-16(17(22)21-15)20(25)11-23(12-20)18(24)26-19(2,3)4/h8-10,13,25H,5-7,11-12H2,1-4H3. The average Bonchev–Trinajstić information content (AvgIpc) is 3.28. The van der Waals surface area contributed by atoms with Gasteiger partial charge in [0.2, 0.25) is 0 Å². The number of carbonyl (C=O) groups is 1. The molecule has 26 heavy (non-hydrogen) atoms. The molecule has 2 aromatic heterocycles. The molecule has 1 saturated heterocycles. The number of pyridine rings is 1. The summed E-state index contributed by atoms with van der Waals surface area (Å²) in [6, 6.07) is 2.09. The lowest BCUT2D eigenvalue weighted by Crippen LogP contribution is -2.62. The molecule has 3 heterocycles. The number of hydrogen-bond acceptors (Lipinski definition) is 4. The summed E-state index contributed by atoms with van der Waals surface area (Å²) in [4.78, 5) is 18.5. The Balaban J connectivity index is 1.64. The molecule has 1 N–H and O–H groups in total. The number of aromatic nitrogens is 2. The molecule has 1 saturated carbocycles. The van der Waals surface area contributed by atoms with Crippen molar-refractivity contribution in [3.63, 3.8) is 0 Å². The van der Waals surface area contributed by atoms with E-state index in [1.165, 1.54) is 18.4 Å². The number of aryl methyl sites for hydroxylation is 1. The van der Waals surface area contributed by atoms with Crippen LogP contribution in [0, 0.1) is 0 Å². The van der Waals surface area contributed by atoms with Crippen LogP contribution in [0.25, 0.3) is 5.65 Å². The lowest BCUT2D eigenvalue weighted by Gasteiger charge is -2.46. The van der Waals surface area contributed by atoms with Crippen LogP contribution in [0.1, 0.15) is 63.3 Å². The van der Waals surface area contributed by atoms with Crippen LogP contribution in [0.2, 0.25) is 0 Å². The monoisotopic (exact) mass is 357 g/mol. The van der Waals surface area contributed by atoms with Gasteiger partial charge in [-0.25, -0.2) is 9.78 Å². The summed E-state index contributed by atoms with van der Waals surface area (Å²) in [5.74, 6) is 0.580. The van der Waals surface area contributed by atoms with E-state index in [1.807, 2.05) is 31.4 Å². The summed E-state index contributed by atoms with van der Waals surface area (Å²) in [7, 11) is 0. The van der Waals surface area contributed by atoms with Crippen LogP contribution >= 0.6 is 0 Å². The Morgan fingerprint density at radius 1 is 1.35 bits per heavy atom. The molecule has 2 aromatic rings. The molecule has 1 aliphatic carbocycles. The molecule has 0 radical (unpaired) electrons. The summed E-state index contributed by atoms with van der Waals surface area (Å²) in [6.45, 7) is 8.08. The van der Waals surface area contributed by atoms with Crippen molar-refractivity contribution in [2.24, 2.45) is 0 Å². The third-order valence-corrected chi connectivity index (χ3v) is 5.09. The Hall–Kier alpha value is -2.08. The summed E-state index contributed by atoms with van der Waals surface area (Å²) >= 11 is 0. The second-order valence-corrected chi connectivity index (χ2v) is 8.65. The second kappa shape index (κ2) is 5.71. The van der Waals surface area contributed by atoms with E-state index in [-0.39, 0.29) is 19.2 Å². The van der Waals surface area contributed by atoms with Gasteiger partial charge in [0.25, 0.3) is 0 Å². The van der Waals surface area contributed by atoms with Crippen LogP contribution in [-0.2, 0) is 16.8 Å². The summed E-state index contributed by atoms with van der Waals surface area (Å²) in [5.41, 5.74) is 2.25. The highest BCUT2D eigenvalue weighted by molar-refractivity contribution is 5.70. The Bertz CT molecular complexity index is 855. The van der Waals surface area contributed by atoms with Crippen molar-refractivity contribution in [3.8, 4) is 0 Å². The summed E-state index contributed by atoms with van der Waals surface area (Å²) in [6.07, 6.45) is 7.04. The van der Waals surface area contributed by atoms with Crippen molar-refractivity contribution in [3.05, 3.63) is 35.3 Å². The third-order valence-electron chi connectivity index (χ3n) is 5.09. The molecule has 2 fully saturated rings. The van der Waals surface area contributed by atoms with Gasteiger partial charge in [0.15, 0.2) is 0 Å². The Labute approximate surface area is 153 Å². The van der Waals surface area contributed by atoms with Crippen molar-refractivity contribution < 1.29 is 14.6 Å². The first kappa shape index (κ1) is 17.3. The maximum Gasteiger partial charge on any atom is 0.410 e. The van der Waals surface area contributed by atoms with Gasteiger partial charge >= 0.3 is 6.09 Å². The predicted octanol–water partition coefficient (Wildman–Crippen LogP) is 3.21. The molecule has 6 nitrogen and oxygen atoms in total. The number of ether oxygens (including phenoxy) is 1. The van der Waals surface area contributed by atoms with E-state index in [0.29, 0.717) is 5.92 Å². The lowest BCUT2D eigenvalue weighted by molar-refractivity contribution is -0.103. The molecular weight excluding hydrogens is 330 g/mol. The minimum absolute atomic E-state index is 0.236. The maximum atomic E-state index is 12.2. The zero-order chi connectivity index (χ0) is 18.7. The first-order valence-corrected chi connectivity index (χ1v) is 9.41. The van der Waals surface area contributed by atoms with Crippen LogP contribution < -0.4 is 0 Å². The zero-order valence-corrected chi connectivity index (χ0v) is 16.0. The van der Waals surface area contributed by atoms with Gasteiger partial charge in [-0.1, -0.05) is 6.92 Å². The number of hydrogen-bond donors (Lipinski definition) is 1. The average molecular weight is 357 g/mol. The van der Waals surface area contributed by atoms with Gasteiger partial charge in [-0.15, -0.1) is 0 Å². The fourth-order valence-corrected chi connectivity index (χ4v) is 3.53. The Morgan fingerprint density at radius 2 is 2.04 bits per heavy atom. The first-order valence-electron chi connectivity index (χ1n) is 9.41. The first-order chi connectivity index (χ1) is 12.2. The van der Waals surface area contributed by atoms with Crippen LogP contribution in [-0.4, -0.2) is 44.2 Å².